The van der Waals surface area contributed by atoms with Crippen LogP contribution in [0.5, 0.6) is 0 Å². The number of ether oxygens (including phenoxy) is 1. The minimum Gasteiger partial charge on any atom is -0.445 e. The summed E-state index contributed by atoms with van der Waals surface area (Å²) in [4.78, 5) is 36.8. The monoisotopic (exact) mass is 429 g/mol. The molecule has 0 saturated carbocycles. The first-order valence-corrected chi connectivity index (χ1v) is 11.0. The van der Waals surface area contributed by atoms with Crippen LogP contribution in [-0.4, -0.2) is 42.0 Å². The van der Waals surface area contributed by atoms with Crippen LogP contribution in [0.15, 0.2) is 60.7 Å². The number of nitrogens with one attached hydrogen (secondary N) is 2. The molecule has 0 bridgehead atoms. The van der Waals surface area contributed by atoms with Gasteiger partial charge < -0.3 is 21.1 Å². The zero-order valence-corrected chi connectivity index (χ0v) is 17.7. The summed E-state index contributed by atoms with van der Waals surface area (Å²) in [7, 11) is 0. The largest absolute Gasteiger partial charge is 0.445 e. The Labute approximate surface area is 180 Å². The van der Waals surface area contributed by atoms with E-state index in [9.17, 15) is 14.4 Å². The van der Waals surface area contributed by atoms with E-state index in [0.717, 1.165) is 11.1 Å². The molecule has 0 heterocycles. The highest BCUT2D eigenvalue weighted by Gasteiger charge is 2.26. The number of primary amides is 1. The summed E-state index contributed by atoms with van der Waals surface area (Å²) in [5, 5.41) is 5.25. The lowest BCUT2D eigenvalue weighted by Gasteiger charge is -2.21. The van der Waals surface area contributed by atoms with Crippen molar-refractivity contribution in [3.05, 3.63) is 71.8 Å². The van der Waals surface area contributed by atoms with Crippen LogP contribution in [0, 0.1) is 0 Å². The second kappa shape index (κ2) is 12.5. The second-order valence-corrected chi connectivity index (χ2v) is 7.68. The van der Waals surface area contributed by atoms with Crippen molar-refractivity contribution in [3.63, 3.8) is 0 Å². The van der Waals surface area contributed by atoms with Crippen molar-refractivity contribution in [1.82, 2.24) is 10.6 Å². The first-order valence-electron chi connectivity index (χ1n) is 9.59. The van der Waals surface area contributed by atoms with Crippen molar-refractivity contribution < 1.29 is 19.1 Å². The van der Waals surface area contributed by atoms with Crippen LogP contribution in [0.3, 0.4) is 0 Å². The fraction of sp³-hybridized carbons (Fsp3) is 0.318. The van der Waals surface area contributed by atoms with Gasteiger partial charge >= 0.3 is 6.09 Å². The molecular weight excluding hydrogens is 402 g/mol. The molecule has 0 aliphatic carbocycles. The maximum Gasteiger partial charge on any atom is 0.408 e. The first-order chi connectivity index (χ1) is 14.5. The molecule has 0 aliphatic heterocycles. The number of amides is 3. The molecular formula is C22H27N3O4S. The topological polar surface area (TPSA) is 111 Å². The Morgan fingerprint density at radius 2 is 1.53 bits per heavy atom. The zero-order valence-electron chi connectivity index (χ0n) is 16.9. The number of alkyl carbamates (subject to hydrolysis) is 1. The van der Waals surface area contributed by atoms with Crippen LogP contribution < -0.4 is 16.4 Å². The van der Waals surface area contributed by atoms with E-state index in [-0.39, 0.29) is 13.0 Å². The SMILES string of the molecule is CSCC[C@@H](NC(=O)OCc1ccccc1)C(=O)N[C@@H](Cc1ccccc1)C(N)=O. The van der Waals surface area contributed by atoms with Crippen LogP contribution in [0.2, 0.25) is 0 Å². The van der Waals surface area contributed by atoms with Gasteiger partial charge in [-0.3, -0.25) is 9.59 Å². The highest BCUT2D eigenvalue weighted by Crippen LogP contribution is 2.07. The van der Waals surface area contributed by atoms with Gasteiger partial charge in [0, 0.05) is 6.42 Å². The van der Waals surface area contributed by atoms with Gasteiger partial charge in [-0.15, -0.1) is 0 Å². The Morgan fingerprint density at radius 3 is 2.10 bits per heavy atom. The van der Waals surface area contributed by atoms with Crippen molar-refractivity contribution in [1.29, 1.82) is 0 Å². The molecule has 2 aromatic carbocycles. The summed E-state index contributed by atoms with van der Waals surface area (Å²) >= 11 is 1.55. The third-order valence-corrected chi connectivity index (χ3v) is 5.02. The highest BCUT2D eigenvalue weighted by molar-refractivity contribution is 7.98. The summed E-state index contributed by atoms with van der Waals surface area (Å²) in [6.07, 6.45) is 1.88. The first kappa shape index (κ1) is 23.3. The molecule has 4 N–H and O–H groups in total. The van der Waals surface area contributed by atoms with Crippen molar-refractivity contribution in [2.75, 3.05) is 12.0 Å². The van der Waals surface area contributed by atoms with E-state index in [1.54, 1.807) is 11.8 Å². The van der Waals surface area contributed by atoms with Crippen LogP contribution >= 0.6 is 11.8 Å². The summed E-state index contributed by atoms with van der Waals surface area (Å²) in [5.74, 6) is -0.459. The molecule has 7 nitrogen and oxygen atoms in total. The Morgan fingerprint density at radius 1 is 0.933 bits per heavy atom. The van der Waals surface area contributed by atoms with E-state index in [1.165, 1.54) is 0 Å². The van der Waals surface area contributed by atoms with Gasteiger partial charge in [0.25, 0.3) is 0 Å². The van der Waals surface area contributed by atoms with Crippen molar-refractivity contribution >= 4 is 29.7 Å². The normalized spacial score (nSPS) is 12.4. The highest BCUT2D eigenvalue weighted by atomic mass is 32.2. The lowest BCUT2D eigenvalue weighted by atomic mass is 10.0. The molecule has 2 aromatic rings. The van der Waals surface area contributed by atoms with Gasteiger partial charge in [-0.05, 0) is 29.6 Å². The third kappa shape index (κ3) is 8.16. The Balaban J connectivity index is 1.96. The van der Waals surface area contributed by atoms with Crippen LogP contribution in [0.4, 0.5) is 4.79 Å². The molecule has 0 saturated heterocycles. The fourth-order valence-corrected chi connectivity index (χ4v) is 3.23. The van der Waals surface area contributed by atoms with Gasteiger partial charge in [-0.25, -0.2) is 4.79 Å². The zero-order chi connectivity index (χ0) is 21.8. The number of carbonyl (C=O) groups is 3. The number of benzene rings is 2. The summed E-state index contributed by atoms with van der Waals surface area (Å²) < 4.78 is 5.21. The van der Waals surface area contributed by atoms with E-state index < -0.39 is 30.0 Å². The molecule has 2 rings (SSSR count). The average Bonchev–Trinajstić information content (AvgIpc) is 2.76. The molecule has 2 atom stereocenters. The smallest absolute Gasteiger partial charge is 0.408 e. The lowest BCUT2D eigenvalue weighted by molar-refractivity contribution is -0.128. The Bertz CT molecular complexity index is 818. The fourth-order valence-electron chi connectivity index (χ4n) is 2.76. The van der Waals surface area contributed by atoms with Gasteiger partial charge in [0.15, 0.2) is 0 Å². The molecule has 30 heavy (non-hydrogen) atoms. The summed E-state index contributed by atoms with van der Waals surface area (Å²) in [5.41, 5.74) is 7.19. The maximum atomic E-state index is 12.8. The molecule has 3 amide bonds. The van der Waals surface area contributed by atoms with Crippen molar-refractivity contribution in [2.24, 2.45) is 5.73 Å². The molecule has 0 aromatic heterocycles. The summed E-state index contributed by atoms with van der Waals surface area (Å²) in [6.45, 7) is 0.0987. The number of thioether (sulfide) groups is 1. The van der Waals surface area contributed by atoms with Crippen LogP contribution in [-0.2, 0) is 27.4 Å². The maximum absolute atomic E-state index is 12.8. The van der Waals surface area contributed by atoms with Crippen molar-refractivity contribution in [2.45, 2.75) is 31.5 Å². The average molecular weight is 430 g/mol. The standard InChI is InChI=1S/C22H27N3O4S/c1-30-13-12-18(25-22(28)29-15-17-10-6-3-7-11-17)21(27)24-19(20(23)26)14-16-8-4-2-5-9-16/h2-11,18-19H,12-15H2,1H3,(H2,23,26)(H,24,27)(H,25,28)/t18-,19+/m1/s1. The van der Waals surface area contributed by atoms with E-state index in [1.807, 2.05) is 66.9 Å². The Hall–Kier alpha value is -3.00. The number of hydrogen-bond acceptors (Lipinski definition) is 5. The van der Waals surface area contributed by atoms with E-state index in [4.69, 9.17) is 10.5 Å². The van der Waals surface area contributed by atoms with Gasteiger partial charge in [0.1, 0.15) is 18.7 Å². The van der Waals surface area contributed by atoms with E-state index in [0.29, 0.717) is 12.2 Å². The number of nitrogens with two attached hydrogens (primary N) is 1. The van der Waals surface area contributed by atoms with Gasteiger partial charge in [0.2, 0.25) is 11.8 Å². The van der Waals surface area contributed by atoms with Crippen LogP contribution in [0.1, 0.15) is 17.5 Å². The molecule has 8 heteroatoms. The number of hydrogen-bond donors (Lipinski definition) is 3. The third-order valence-electron chi connectivity index (χ3n) is 4.37. The number of rotatable bonds is 11. The molecule has 0 spiro atoms. The van der Waals surface area contributed by atoms with Crippen LogP contribution in [0.25, 0.3) is 0 Å². The van der Waals surface area contributed by atoms with Gasteiger partial charge in [-0.1, -0.05) is 60.7 Å². The van der Waals surface area contributed by atoms with E-state index >= 15 is 0 Å². The molecule has 0 aliphatic rings. The van der Waals surface area contributed by atoms with Crippen molar-refractivity contribution in [3.8, 4) is 0 Å². The lowest BCUT2D eigenvalue weighted by Crippen LogP contribution is -2.53. The Kier molecular flexibility index (Phi) is 9.73. The number of carbonyl (C=O) groups excluding carboxylic acids is 3. The minimum absolute atomic E-state index is 0.0987. The van der Waals surface area contributed by atoms with Gasteiger partial charge in [0.05, 0.1) is 0 Å². The second-order valence-electron chi connectivity index (χ2n) is 6.69. The molecule has 160 valence electrons. The molecule has 0 fully saturated rings. The van der Waals surface area contributed by atoms with E-state index in [2.05, 4.69) is 10.6 Å². The predicted molar refractivity (Wildman–Crippen MR) is 118 cm³/mol. The predicted octanol–water partition coefficient (Wildman–Crippen LogP) is 2.25. The molecule has 0 unspecified atom stereocenters. The van der Waals surface area contributed by atoms with Gasteiger partial charge in [-0.2, -0.15) is 11.8 Å². The summed E-state index contributed by atoms with van der Waals surface area (Å²) in [6, 6.07) is 16.8. The molecule has 0 radical (unpaired) electrons. The quantitative estimate of drug-likeness (QED) is 0.507. The minimum atomic E-state index is -0.876.